The topological polar surface area (TPSA) is 78.4 Å². The highest BCUT2D eigenvalue weighted by Crippen LogP contribution is 2.15. The molecule has 0 aromatic heterocycles. The molecular formula is C23H38IN5O3. The van der Waals surface area contributed by atoms with Crippen LogP contribution < -0.4 is 15.5 Å². The summed E-state index contributed by atoms with van der Waals surface area (Å²) in [4.78, 5) is 21.0. The Balaban J connectivity index is 0.00000363. The number of carbonyl (C=O) groups excluding carboxylic acids is 1. The van der Waals surface area contributed by atoms with Crippen LogP contribution in [0.4, 0.5) is 5.69 Å². The molecule has 2 N–H and O–H groups in total. The number of rotatable bonds is 10. The second kappa shape index (κ2) is 15.3. The maximum absolute atomic E-state index is 12.5. The first-order valence-electron chi connectivity index (χ1n) is 11.5. The zero-order valence-corrected chi connectivity index (χ0v) is 21.5. The van der Waals surface area contributed by atoms with Crippen LogP contribution in [0.3, 0.4) is 0 Å². The van der Waals surface area contributed by atoms with Gasteiger partial charge in [0.1, 0.15) is 0 Å². The largest absolute Gasteiger partial charge is 0.379 e. The van der Waals surface area contributed by atoms with Gasteiger partial charge in [-0.05, 0) is 31.4 Å². The summed E-state index contributed by atoms with van der Waals surface area (Å²) in [7, 11) is 1.74. The molecule has 1 aromatic rings. The zero-order chi connectivity index (χ0) is 21.7. The summed E-state index contributed by atoms with van der Waals surface area (Å²) in [5, 5.41) is 6.50. The van der Waals surface area contributed by atoms with Gasteiger partial charge in [-0.3, -0.25) is 9.79 Å². The Bertz CT molecular complexity index is 677. The molecule has 0 radical (unpaired) electrons. The molecule has 1 amide bonds. The number of ether oxygens (including phenoxy) is 2. The van der Waals surface area contributed by atoms with Crippen LogP contribution in [0.5, 0.6) is 0 Å². The molecule has 2 saturated heterocycles. The van der Waals surface area contributed by atoms with E-state index in [2.05, 4.69) is 44.8 Å². The summed E-state index contributed by atoms with van der Waals surface area (Å²) in [6.45, 7) is 6.91. The Kier molecular flexibility index (Phi) is 12.7. The van der Waals surface area contributed by atoms with Gasteiger partial charge >= 0.3 is 0 Å². The summed E-state index contributed by atoms with van der Waals surface area (Å²) in [5.41, 5.74) is 1.23. The third-order valence-corrected chi connectivity index (χ3v) is 5.69. The molecule has 9 heteroatoms. The lowest BCUT2D eigenvalue weighted by molar-refractivity contribution is -0.131. The second-order valence-electron chi connectivity index (χ2n) is 7.94. The molecule has 0 spiro atoms. The Hall–Kier alpha value is -1.59. The number of halogens is 1. The van der Waals surface area contributed by atoms with Crippen LogP contribution >= 0.6 is 24.0 Å². The summed E-state index contributed by atoms with van der Waals surface area (Å²) in [6.07, 6.45) is 3.90. The monoisotopic (exact) mass is 559 g/mol. The van der Waals surface area contributed by atoms with E-state index in [9.17, 15) is 4.79 Å². The van der Waals surface area contributed by atoms with Crippen molar-refractivity contribution < 1.29 is 14.3 Å². The molecular weight excluding hydrogens is 521 g/mol. The molecule has 2 heterocycles. The fourth-order valence-corrected chi connectivity index (χ4v) is 3.89. The van der Waals surface area contributed by atoms with E-state index in [1.807, 2.05) is 11.0 Å². The molecule has 3 rings (SSSR count). The molecule has 0 bridgehead atoms. The fourth-order valence-electron chi connectivity index (χ4n) is 3.89. The van der Waals surface area contributed by atoms with Gasteiger partial charge in [-0.2, -0.15) is 0 Å². The van der Waals surface area contributed by atoms with E-state index in [1.54, 1.807) is 7.05 Å². The quantitative estimate of drug-likeness (QED) is 0.198. The van der Waals surface area contributed by atoms with Gasteiger partial charge in [-0.25, -0.2) is 0 Å². The van der Waals surface area contributed by atoms with Gasteiger partial charge in [0.15, 0.2) is 5.96 Å². The third-order valence-electron chi connectivity index (χ3n) is 5.69. The number of para-hydroxylation sites is 1. The first kappa shape index (κ1) is 26.7. The minimum absolute atomic E-state index is 0. The van der Waals surface area contributed by atoms with Crippen molar-refractivity contribution in [2.45, 2.75) is 31.8 Å². The highest BCUT2D eigenvalue weighted by Gasteiger charge is 2.21. The van der Waals surface area contributed by atoms with E-state index in [0.717, 1.165) is 64.6 Å². The van der Waals surface area contributed by atoms with Gasteiger partial charge in [-0.15, -0.1) is 24.0 Å². The first-order chi connectivity index (χ1) is 15.3. The van der Waals surface area contributed by atoms with Crippen molar-refractivity contribution in [3.8, 4) is 0 Å². The molecule has 0 aliphatic carbocycles. The van der Waals surface area contributed by atoms with Gasteiger partial charge < -0.3 is 29.9 Å². The van der Waals surface area contributed by atoms with Crippen molar-refractivity contribution in [3.63, 3.8) is 0 Å². The number of piperazine rings is 1. The van der Waals surface area contributed by atoms with Crippen molar-refractivity contribution in [3.05, 3.63) is 30.3 Å². The number of carbonyl (C=O) groups is 1. The van der Waals surface area contributed by atoms with E-state index in [4.69, 9.17) is 9.47 Å². The van der Waals surface area contributed by atoms with Crippen molar-refractivity contribution in [1.29, 1.82) is 0 Å². The number of nitrogens with one attached hydrogen (secondary N) is 2. The predicted molar refractivity (Wildman–Crippen MR) is 139 cm³/mol. The Morgan fingerprint density at radius 2 is 1.91 bits per heavy atom. The molecule has 2 aliphatic heterocycles. The fraction of sp³-hybridized carbons (Fsp3) is 0.652. The van der Waals surface area contributed by atoms with Crippen molar-refractivity contribution in [2.75, 3.05) is 71.0 Å². The van der Waals surface area contributed by atoms with Crippen LogP contribution in [0.2, 0.25) is 0 Å². The molecule has 180 valence electrons. The normalized spacial score (nSPS) is 18.9. The molecule has 32 heavy (non-hydrogen) atoms. The van der Waals surface area contributed by atoms with Crippen molar-refractivity contribution >= 4 is 41.5 Å². The highest BCUT2D eigenvalue weighted by molar-refractivity contribution is 14.0. The Labute approximate surface area is 209 Å². The molecule has 1 atom stereocenters. The van der Waals surface area contributed by atoms with Gasteiger partial charge in [0.05, 0.1) is 12.7 Å². The van der Waals surface area contributed by atoms with Crippen LogP contribution in [0.15, 0.2) is 35.3 Å². The van der Waals surface area contributed by atoms with E-state index in [-0.39, 0.29) is 36.0 Å². The summed E-state index contributed by atoms with van der Waals surface area (Å²) in [6, 6.07) is 10.4. The number of benzene rings is 1. The maximum Gasteiger partial charge on any atom is 0.224 e. The Morgan fingerprint density at radius 3 is 2.59 bits per heavy atom. The third kappa shape index (κ3) is 9.11. The smallest absolute Gasteiger partial charge is 0.224 e. The van der Waals surface area contributed by atoms with Crippen molar-refractivity contribution in [1.82, 2.24) is 15.5 Å². The van der Waals surface area contributed by atoms with Gasteiger partial charge in [-0.1, -0.05) is 18.2 Å². The lowest BCUT2D eigenvalue weighted by Gasteiger charge is -2.36. The zero-order valence-electron chi connectivity index (χ0n) is 19.1. The van der Waals surface area contributed by atoms with Crippen LogP contribution in [-0.4, -0.2) is 89.0 Å². The summed E-state index contributed by atoms with van der Waals surface area (Å²) in [5.74, 6) is 0.916. The second-order valence-corrected chi connectivity index (χ2v) is 7.94. The van der Waals surface area contributed by atoms with Crippen LogP contribution in [0, 0.1) is 0 Å². The molecule has 2 aliphatic rings. The van der Waals surface area contributed by atoms with E-state index in [1.165, 1.54) is 5.69 Å². The molecule has 2 fully saturated rings. The van der Waals surface area contributed by atoms with E-state index < -0.39 is 0 Å². The lowest BCUT2D eigenvalue weighted by atomic mass is 10.2. The van der Waals surface area contributed by atoms with Crippen LogP contribution in [0.25, 0.3) is 0 Å². The van der Waals surface area contributed by atoms with Gasteiger partial charge in [0.2, 0.25) is 5.91 Å². The molecule has 8 nitrogen and oxygen atoms in total. The van der Waals surface area contributed by atoms with E-state index in [0.29, 0.717) is 26.2 Å². The number of hydrogen-bond acceptors (Lipinski definition) is 5. The summed E-state index contributed by atoms with van der Waals surface area (Å²) < 4.78 is 11.2. The van der Waals surface area contributed by atoms with E-state index >= 15 is 0 Å². The minimum atomic E-state index is 0. The number of hydrogen-bond donors (Lipinski definition) is 2. The first-order valence-corrected chi connectivity index (χ1v) is 11.5. The van der Waals surface area contributed by atoms with Crippen molar-refractivity contribution in [2.24, 2.45) is 4.99 Å². The average Bonchev–Trinajstić information content (AvgIpc) is 3.34. The number of nitrogens with zero attached hydrogens (tertiary/aromatic N) is 3. The minimum Gasteiger partial charge on any atom is -0.379 e. The molecule has 1 aromatic carbocycles. The SMILES string of the molecule is CN=C(NCCCOCC1CCCO1)NCCC(=O)N1CCN(c2ccccc2)CC1.I. The van der Waals surface area contributed by atoms with Crippen LogP contribution in [0.1, 0.15) is 25.7 Å². The average molecular weight is 559 g/mol. The number of guanidine groups is 1. The number of anilines is 1. The molecule has 0 saturated carbocycles. The highest BCUT2D eigenvalue weighted by atomic mass is 127. The maximum atomic E-state index is 12.5. The lowest BCUT2D eigenvalue weighted by Crippen LogP contribution is -2.49. The standard InChI is InChI=1S/C23H37N5O3.HI/c1-24-23(25-11-6-17-30-19-21-9-5-18-31-21)26-12-10-22(29)28-15-13-27(14-16-28)20-7-3-2-4-8-20;/h2-4,7-8,21H,5-6,9-19H2,1H3,(H2,24,25,26);1H. The number of amides is 1. The van der Waals surface area contributed by atoms with Gasteiger partial charge in [0.25, 0.3) is 0 Å². The van der Waals surface area contributed by atoms with Gasteiger partial charge in [0, 0.05) is 71.6 Å². The Morgan fingerprint density at radius 1 is 1.16 bits per heavy atom. The van der Waals surface area contributed by atoms with Crippen LogP contribution in [-0.2, 0) is 14.3 Å². The number of aliphatic imine (C=N–C) groups is 1. The predicted octanol–water partition coefficient (Wildman–Crippen LogP) is 2.09. The summed E-state index contributed by atoms with van der Waals surface area (Å²) >= 11 is 0. The molecule has 1 unspecified atom stereocenters.